The summed E-state index contributed by atoms with van der Waals surface area (Å²) in [6.45, 7) is 2.01. The van der Waals surface area contributed by atoms with Crippen molar-refractivity contribution in [3.8, 4) is 0 Å². The summed E-state index contributed by atoms with van der Waals surface area (Å²) in [5.41, 5.74) is 2.84. The lowest BCUT2D eigenvalue weighted by molar-refractivity contribution is 0.322. The number of aryl methyl sites for hydroxylation is 1. The van der Waals surface area contributed by atoms with Crippen LogP contribution in [0.1, 0.15) is 29.3 Å². The first-order chi connectivity index (χ1) is 9.95. The molecule has 6 heteroatoms. The van der Waals surface area contributed by atoms with Crippen molar-refractivity contribution in [3.05, 3.63) is 59.5 Å². The zero-order chi connectivity index (χ0) is 15.0. The number of nitrogens with zero attached hydrogens (tertiary/aromatic N) is 2. The van der Waals surface area contributed by atoms with Crippen molar-refractivity contribution in [2.45, 2.75) is 19.4 Å². The number of furan rings is 1. The van der Waals surface area contributed by atoms with Crippen molar-refractivity contribution in [3.63, 3.8) is 0 Å². The Morgan fingerprint density at radius 3 is 2.52 bits per heavy atom. The van der Waals surface area contributed by atoms with E-state index in [1.807, 2.05) is 31.2 Å². The van der Waals surface area contributed by atoms with E-state index in [4.69, 9.17) is 4.42 Å². The van der Waals surface area contributed by atoms with Gasteiger partial charge in [0.2, 0.25) is 10.0 Å². The van der Waals surface area contributed by atoms with Gasteiger partial charge in [0.1, 0.15) is 11.8 Å². The van der Waals surface area contributed by atoms with E-state index in [0.29, 0.717) is 12.2 Å². The van der Waals surface area contributed by atoms with Gasteiger partial charge in [0, 0.05) is 6.42 Å². The quantitative estimate of drug-likeness (QED) is 0.876. The van der Waals surface area contributed by atoms with Gasteiger partial charge >= 0.3 is 0 Å². The molecule has 0 saturated heterocycles. The van der Waals surface area contributed by atoms with E-state index in [9.17, 15) is 8.42 Å². The Balaban J connectivity index is 1.99. The molecule has 1 aromatic heterocycles. The summed E-state index contributed by atoms with van der Waals surface area (Å²) in [4.78, 5) is 0. The van der Waals surface area contributed by atoms with E-state index in [2.05, 4.69) is 5.10 Å². The molecule has 0 N–H and O–H groups in total. The Morgan fingerprint density at radius 1 is 1.24 bits per heavy atom. The first kappa shape index (κ1) is 13.9. The zero-order valence-electron chi connectivity index (χ0n) is 11.9. The monoisotopic (exact) mass is 304 g/mol. The number of benzene rings is 1. The van der Waals surface area contributed by atoms with Crippen LogP contribution in [0.25, 0.3) is 0 Å². The van der Waals surface area contributed by atoms with Crippen molar-refractivity contribution in [2.24, 2.45) is 5.10 Å². The summed E-state index contributed by atoms with van der Waals surface area (Å²) >= 11 is 0. The molecule has 0 bridgehead atoms. The molecular weight excluding hydrogens is 288 g/mol. The van der Waals surface area contributed by atoms with Gasteiger partial charge in [-0.05, 0) is 24.6 Å². The molecule has 1 aliphatic rings. The van der Waals surface area contributed by atoms with Gasteiger partial charge < -0.3 is 4.42 Å². The van der Waals surface area contributed by atoms with Crippen LogP contribution in [-0.4, -0.2) is 24.8 Å². The van der Waals surface area contributed by atoms with E-state index in [0.717, 1.165) is 27.5 Å². The molecule has 1 atom stereocenters. The molecule has 1 aromatic carbocycles. The van der Waals surface area contributed by atoms with Crippen molar-refractivity contribution in [2.75, 3.05) is 6.26 Å². The maximum atomic E-state index is 11.9. The fourth-order valence-electron chi connectivity index (χ4n) is 2.41. The summed E-state index contributed by atoms with van der Waals surface area (Å²) in [5, 5.41) is 4.30. The van der Waals surface area contributed by atoms with Gasteiger partial charge in [0.15, 0.2) is 0 Å². The largest absolute Gasteiger partial charge is 0.467 e. The summed E-state index contributed by atoms with van der Waals surface area (Å²) in [6.07, 6.45) is 3.20. The molecule has 2 heterocycles. The Kier molecular flexibility index (Phi) is 3.33. The lowest BCUT2D eigenvalue weighted by atomic mass is 10.0. The molecule has 110 valence electrons. The molecule has 2 aromatic rings. The number of hydrogen-bond donors (Lipinski definition) is 0. The van der Waals surface area contributed by atoms with E-state index >= 15 is 0 Å². The van der Waals surface area contributed by atoms with Gasteiger partial charge in [-0.1, -0.05) is 29.8 Å². The first-order valence-corrected chi connectivity index (χ1v) is 8.47. The van der Waals surface area contributed by atoms with Crippen LogP contribution >= 0.6 is 0 Å². The molecule has 0 fully saturated rings. The molecule has 0 amide bonds. The van der Waals surface area contributed by atoms with E-state index in [1.165, 1.54) is 0 Å². The van der Waals surface area contributed by atoms with Gasteiger partial charge in [0.25, 0.3) is 0 Å². The Morgan fingerprint density at radius 2 is 1.95 bits per heavy atom. The highest BCUT2D eigenvalue weighted by molar-refractivity contribution is 7.88. The van der Waals surface area contributed by atoms with E-state index < -0.39 is 16.1 Å². The van der Waals surface area contributed by atoms with Crippen LogP contribution in [0.3, 0.4) is 0 Å². The smallest absolute Gasteiger partial charge is 0.247 e. The van der Waals surface area contributed by atoms with Crippen LogP contribution in [0.5, 0.6) is 0 Å². The summed E-state index contributed by atoms with van der Waals surface area (Å²) in [6, 6.07) is 11.0. The Hall–Kier alpha value is -2.08. The third-order valence-electron chi connectivity index (χ3n) is 3.47. The minimum Gasteiger partial charge on any atom is -0.467 e. The lowest BCUT2D eigenvalue weighted by Gasteiger charge is -2.18. The average molecular weight is 304 g/mol. The minimum absolute atomic E-state index is 0.411. The standard InChI is InChI=1S/C15H16N2O3S/c1-11-5-7-12(8-6-11)13-10-14(15-4-3-9-20-15)17(16-13)21(2,18)19/h3-9,14H,10H2,1-2H3/t14-/m0/s1. The van der Waals surface area contributed by atoms with Crippen LogP contribution in [0.15, 0.2) is 52.2 Å². The predicted molar refractivity (Wildman–Crippen MR) is 80.5 cm³/mol. The molecule has 3 rings (SSSR count). The minimum atomic E-state index is -3.44. The molecule has 0 radical (unpaired) electrons. The van der Waals surface area contributed by atoms with Crippen molar-refractivity contribution < 1.29 is 12.8 Å². The Labute approximate surface area is 123 Å². The van der Waals surface area contributed by atoms with Gasteiger partial charge in [-0.15, -0.1) is 0 Å². The maximum absolute atomic E-state index is 11.9. The molecule has 0 saturated carbocycles. The fraction of sp³-hybridized carbons (Fsp3) is 0.267. The second-order valence-electron chi connectivity index (χ2n) is 5.18. The third kappa shape index (κ3) is 2.71. The summed E-state index contributed by atoms with van der Waals surface area (Å²) < 4.78 is 30.4. The zero-order valence-corrected chi connectivity index (χ0v) is 12.7. The van der Waals surface area contributed by atoms with Gasteiger partial charge in [-0.3, -0.25) is 0 Å². The van der Waals surface area contributed by atoms with Crippen LogP contribution < -0.4 is 0 Å². The lowest BCUT2D eigenvalue weighted by Crippen LogP contribution is -2.25. The predicted octanol–water partition coefficient (Wildman–Crippen LogP) is 2.70. The second-order valence-corrected chi connectivity index (χ2v) is 7.02. The van der Waals surface area contributed by atoms with E-state index in [1.54, 1.807) is 18.4 Å². The molecule has 21 heavy (non-hydrogen) atoms. The maximum Gasteiger partial charge on any atom is 0.247 e. The molecule has 5 nitrogen and oxygen atoms in total. The van der Waals surface area contributed by atoms with Crippen molar-refractivity contribution in [1.29, 1.82) is 0 Å². The van der Waals surface area contributed by atoms with Gasteiger partial charge in [-0.25, -0.2) is 8.42 Å². The number of hydrogen-bond acceptors (Lipinski definition) is 4. The highest BCUT2D eigenvalue weighted by atomic mass is 32.2. The molecule has 0 unspecified atom stereocenters. The van der Waals surface area contributed by atoms with Crippen LogP contribution in [0.4, 0.5) is 0 Å². The molecule has 0 aliphatic carbocycles. The topological polar surface area (TPSA) is 62.9 Å². The van der Waals surface area contributed by atoms with Gasteiger partial charge in [0.05, 0.1) is 18.2 Å². The molecule has 0 spiro atoms. The normalized spacial score (nSPS) is 18.9. The number of hydrazone groups is 1. The average Bonchev–Trinajstić information content (AvgIpc) is 3.07. The van der Waals surface area contributed by atoms with Crippen LogP contribution in [-0.2, 0) is 10.0 Å². The van der Waals surface area contributed by atoms with Crippen LogP contribution in [0, 0.1) is 6.92 Å². The fourth-order valence-corrected chi connectivity index (χ4v) is 3.30. The molecular formula is C15H16N2O3S. The third-order valence-corrected chi connectivity index (χ3v) is 4.48. The second kappa shape index (κ2) is 5.04. The summed E-state index contributed by atoms with van der Waals surface area (Å²) in [7, 11) is -3.44. The highest BCUT2D eigenvalue weighted by Crippen LogP contribution is 2.34. The number of rotatable bonds is 3. The molecule has 1 aliphatic heterocycles. The van der Waals surface area contributed by atoms with Crippen molar-refractivity contribution in [1.82, 2.24) is 4.41 Å². The Bertz CT molecular complexity index is 762. The number of sulfonamides is 1. The highest BCUT2D eigenvalue weighted by Gasteiger charge is 2.36. The van der Waals surface area contributed by atoms with Crippen molar-refractivity contribution >= 4 is 15.7 Å². The van der Waals surface area contributed by atoms with Crippen LogP contribution in [0.2, 0.25) is 0 Å². The summed E-state index contributed by atoms with van der Waals surface area (Å²) in [5.74, 6) is 0.603. The first-order valence-electron chi connectivity index (χ1n) is 6.62. The SMILES string of the molecule is Cc1ccc(C2=NN(S(C)(=O)=O)[C@H](c3ccco3)C2)cc1. The van der Waals surface area contributed by atoms with Gasteiger partial charge in [-0.2, -0.15) is 9.52 Å². The van der Waals surface area contributed by atoms with E-state index in [-0.39, 0.29) is 0 Å².